The number of hydrogen-bond acceptors (Lipinski definition) is 3. The van der Waals surface area contributed by atoms with Crippen LogP contribution in [0.15, 0.2) is 36.4 Å². The number of likely N-dealkylation sites (tertiary alicyclic amines) is 1. The van der Waals surface area contributed by atoms with Gasteiger partial charge in [-0.25, -0.2) is 0 Å². The van der Waals surface area contributed by atoms with Crippen LogP contribution in [0.25, 0.3) is 6.08 Å². The quantitative estimate of drug-likeness (QED) is 0.903. The number of nitrogens with one attached hydrogen (secondary N) is 1. The fourth-order valence-corrected chi connectivity index (χ4v) is 4.24. The number of rotatable bonds is 5. The molecule has 4 nitrogen and oxygen atoms in total. The number of amides is 1. The van der Waals surface area contributed by atoms with Crippen molar-refractivity contribution in [2.24, 2.45) is 11.8 Å². The summed E-state index contributed by atoms with van der Waals surface area (Å²) in [5, 5.41) is 3.08. The van der Waals surface area contributed by atoms with Crippen LogP contribution in [0, 0.1) is 11.8 Å². The Hall–Kier alpha value is -1.65. The normalized spacial score (nSPS) is 30.4. The summed E-state index contributed by atoms with van der Waals surface area (Å²) < 4.78 is 5.64. The fraction of sp³-hybridized carbons (Fsp3) is 0.550. The number of carbonyl (C=O) groups excluding carboxylic acids is 1. The molecule has 4 heteroatoms. The van der Waals surface area contributed by atoms with Crippen LogP contribution in [-0.4, -0.2) is 49.7 Å². The Kier molecular flexibility index (Phi) is 5.69. The summed E-state index contributed by atoms with van der Waals surface area (Å²) in [7, 11) is 1.76. The first-order valence-corrected chi connectivity index (χ1v) is 8.89. The van der Waals surface area contributed by atoms with Gasteiger partial charge in [0.05, 0.1) is 12.1 Å². The number of nitrogens with zero attached hydrogens (tertiary/aromatic N) is 1. The minimum Gasteiger partial charge on any atom is -0.379 e. The Morgan fingerprint density at radius 1 is 1.25 bits per heavy atom. The highest BCUT2D eigenvalue weighted by atomic mass is 16.5. The maximum absolute atomic E-state index is 11.4. The largest absolute Gasteiger partial charge is 0.379 e. The molecule has 130 valence electrons. The molecule has 1 aliphatic heterocycles. The van der Waals surface area contributed by atoms with Crippen LogP contribution in [0.3, 0.4) is 0 Å². The number of hydrogen-bond donors (Lipinski definition) is 1. The number of benzene rings is 1. The van der Waals surface area contributed by atoms with Gasteiger partial charge < -0.3 is 10.1 Å². The molecule has 0 spiro atoms. The average Bonchev–Trinajstić information content (AvgIpc) is 2.96. The van der Waals surface area contributed by atoms with Gasteiger partial charge in [0.25, 0.3) is 0 Å². The van der Waals surface area contributed by atoms with Gasteiger partial charge in [-0.3, -0.25) is 9.69 Å². The first-order valence-electron chi connectivity index (χ1n) is 8.89. The lowest BCUT2D eigenvalue weighted by Crippen LogP contribution is -2.49. The Bertz CT molecular complexity index is 572. The fourth-order valence-electron chi connectivity index (χ4n) is 4.24. The van der Waals surface area contributed by atoms with Crippen molar-refractivity contribution in [3.63, 3.8) is 0 Å². The van der Waals surface area contributed by atoms with Crippen molar-refractivity contribution >= 4 is 12.0 Å². The smallest absolute Gasteiger partial charge is 0.217 e. The molecule has 2 aliphatic rings. The van der Waals surface area contributed by atoms with Gasteiger partial charge in [-0.15, -0.1) is 0 Å². The van der Waals surface area contributed by atoms with Gasteiger partial charge in [0.1, 0.15) is 0 Å². The van der Waals surface area contributed by atoms with E-state index >= 15 is 0 Å². The van der Waals surface area contributed by atoms with Gasteiger partial charge >= 0.3 is 0 Å². The third kappa shape index (κ3) is 4.25. The van der Waals surface area contributed by atoms with Crippen LogP contribution in [0.5, 0.6) is 0 Å². The molecule has 1 aromatic carbocycles. The van der Waals surface area contributed by atoms with Gasteiger partial charge in [-0.1, -0.05) is 42.5 Å². The van der Waals surface area contributed by atoms with Gasteiger partial charge in [0.2, 0.25) is 5.91 Å². The van der Waals surface area contributed by atoms with Crippen molar-refractivity contribution in [1.29, 1.82) is 0 Å². The van der Waals surface area contributed by atoms with E-state index in [1.165, 1.54) is 5.56 Å². The molecule has 3 rings (SSSR count). The molecule has 2 fully saturated rings. The zero-order valence-corrected chi connectivity index (χ0v) is 14.7. The molecule has 1 aromatic rings. The third-order valence-corrected chi connectivity index (χ3v) is 5.36. The summed E-state index contributed by atoms with van der Waals surface area (Å²) in [5.41, 5.74) is 1.25. The molecular weight excluding hydrogens is 300 g/mol. The standard InChI is InChI=1S/C20H28N2O2/c1-15(23)21-19-11-17-13-22(14-18(17)12-20(19)24-2)10-6-9-16-7-4-3-5-8-16/h3-9,17-20H,10-14H2,1-2H3,(H,21,23)/b9-6+/t17-,18+,19-,20-/m1/s1. The van der Waals surface area contributed by atoms with Crippen LogP contribution >= 0.6 is 0 Å². The van der Waals surface area contributed by atoms with Gasteiger partial charge in [0.15, 0.2) is 0 Å². The molecule has 0 unspecified atom stereocenters. The summed E-state index contributed by atoms with van der Waals surface area (Å²) in [6.45, 7) is 4.84. The molecule has 0 aromatic heterocycles. The molecule has 1 amide bonds. The van der Waals surface area contributed by atoms with Crippen molar-refractivity contribution in [3.05, 3.63) is 42.0 Å². The molecule has 1 saturated heterocycles. The average molecular weight is 328 g/mol. The highest BCUT2D eigenvalue weighted by molar-refractivity contribution is 5.73. The van der Waals surface area contributed by atoms with E-state index in [1.807, 2.05) is 6.07 Å². The van der Waals surface area contributed by atoms with E-state index in [0.29, 0.717) is 11.8 Å². The van der Waals surface area contributed by atoms with E-state index in [4.69, 9.17) is 4.74 Å². The lowest BCUT2D eigenvalue weighted by molar-refractivity contribution is -0.121. The van der Waals surface area contributed by atoms with Crippen molar-refractivity contribution in [2.45, 2.75) is 31.9 Å². The first kappa shape index (κ1) is 17.2. The topological polar surface area (TPSA) is 41.6 Å². The molecule has 24 heavy (non-hydrogen) atoms. The zero-order chi connectivity index (χ0) is 16.9. The predicted molar refractivity (Wildman–Crippen MR) is 96.5 cm³/mol. The number of ether oxygens (including phenoxy) is 1. The van der Waals surface area contributed by atoms with Crippen molar-refractivity contribution in [1.82, 2.24) is 10.2 Å². The minimum atomic E-state index is 0.0427. The Balaban J connectivity index is 1.54. The van der Waals surface area contributed by atoms with Crippen LogP contribution in [0.2, 0.25) is 0 Å². The molecule has 1 saturated carbocycles. The van der Waals surface area contributed by atoms with Crippen LogP contribution in [0.4, 0.5) is 0 Å². The van der Waals surface area contributed by atoms with E-state index < -0.39 is 0 Å². The summed E-state index contributed by atoms with van der Waals surface area (Å²) >= 11 is 0. The van der Waals surface area contributed by atoms with Crippen LogP contribution < -0.4 is 5.32 Å². The SMILES string of the molecule is CO[C@@H]1C[C@H]2CN(C/C=C/c3ccccc3)C[C@H]2C[C@H]1NC(C)=O. The number of fused-ring (bicyclic) bond motifs is 1. The van der Waals surface area contributed by atoms with Crippen LogP contribution in [-0.2, 0) is 9.53 Å². The Morgan fingerprint density at radius 3 is 2.62 bits per heavy atom. The summed E-state index contributed by atoms with van der Waals surface area (Å²) in [5.74, 6) is 1.39. The second kappa shape index (κ2) is 7.95. The van der Waals surface area contributed by atoms with E-state index in [-0.39, 0.29) is 18.1 Å². The monoisotopic (exact) mass is 328 g/mol. The molecule has 0 bridgehead atoms. The zero-order valence-electron chi connectivity index (χ0n) is 14.7. The van der Waals surface area contributed by atoms with E-state index in [2.05, 4.69) is 46.6 Å². The molecular formula is C20H28N2O2. The number of methoxy groups -OCH3 is 1. The lowest BCUT2D eigenvalue weighted by Gasteiger charge is -2.37. The molecule has 4 atom stereocenters. The van der Waals surface area contributed by atoms with E-state index in [9.17, 15) is 4.79 Å². The van der Waals surface area contributed by atoms with Crippen molar-refractivity contribution < 1.29 is 9.53 Å². The molecule has 1 N–H and O–H groups in total. The minimum absolute atomic E-state index is 0.0427. The first-order chi connectivity index (χ1) is 11.7. The van der Waals surface area contributed by atoms with Gasteiger partial charge in [0, 0.05) is 33.7 Å². The summed E-state index contributed by atoms with van der Waals surface area (Å²) in [6.07, 6.45) is 6.67. The maximum Gasteiger partial charge on any atom is 0.217 e. The highest BCUT2D eigenvalue weighted by Crippen LogP contribution is 2.37. The second-order valence-corrected chi connectivity index (χ2v) is 7.10. The highest BCUT2D eigenvalue weighted by Gasteiger charge is 2.42. The molecule has 1 heterocycles. The summed E-state index contributed by atoms with van der Waals surface area (Å²) in [6, 6.07) is 10.6. The Labute approximate surface area is 144 Å². The molecule has 1 aliphatic carbocycles. The van der Waals surface area contributed by atoms with Crippen molar-refractivity contribution in [2.75, 3.05) is 26.7 Å². The lowest BCUT2D eigenvalue weighted by atomic mass is 9.77. The predicted octanol–water partition coefficient (Wildman–Crippen LogP) is 2.56. The Morgan fingerprint density at radius 2 is 1.96 bits per heavy atom. The summed E-state index contributed by atoms with van der Waals surface area (Å²) in [4.78, 5) is 13.9. The van der Waals surface area contributed by atoms with Gasteiger partial charge in [-0.2, -0.15) is 0 Å². The van der Waals surface area contributed by atoms with E-state index in [0.717, 1.165) is 32.5 Å². The van der Waals surface area contributed by atoms with Crippen LogP contribution in [0.1, 0.15) is 25.3 Å². The van der Waals surface area contributed by atoms with Crippen molar-refractivity contribution in [3.8, 4) is 0 Å². The third-order valence-electron chi connectivity index (χ3n) is 5.36. The van der Waals surface area contributed by atoms with Gasteiger partial charge in [-0.05, 0) is 30.2 Å². The molecule has 0 radical (unpaired) electrons. The number of carbonyl (C=O) groups is 1. The second-order valence-electron chi connectivity index (χ2n) is 7.10. The van der Waals surface area contributed by atoms with E-state index in [1.54, 1.807) is 14.0 Å². The maximum atomic E-state index is 11.4.